The van der Waals surface area contributed by atoms with Gasteiger partial charge in [0.2, 0.25) is 0 Å². The second-order valence-electron chi connectivity index (χ2n) is 6.22. The number of likely N-dealkylation sites (N-methyl/N-ethyl adjacent to an activating group) is 1. The number of benzene rings is 1. The molecule has 1 saturated heterocycles. The topological polar surface area (TPSA) is 48.0 Å². The average Bonchev–Trinajstić information content (AvgIpc) is 2.58. The molecule has 0 radical (unpaired) electrons. The van der Waals surface area contributed by atoms with Crippen molar-refractivity contribution in [1.82, 2.24) is 15.1 Å². The second-order valence-corrected chi connectivity index (χ2v) is 6.22. The monoisotopic (exact) mass is 321 g/mol. The number of methoxy groups -OCH3 is 1. The van der Waals surface area contributed by atoms with Crippen molar-refractivity contribution >= 4 is 0 Å². The molecular weight excluding hydrogens is 290 g/mol. The minimum absolute atomic E-state index is 0.200. The molecule has 2 atom stereocenters. The van der Waals surface area contributed by atoms with Gasteiger partial charge < -0.3 is 20.1 Å². The minimum Gasteiger partial charge on any atom is -0.504 e. The van der Waals surface area contributed by atoms with Crippen molar-refractivity contribution in [2.45, 2.75) is 32.9 Å². The fourth-order valence-electron chi connectivity index (χ4n) is 3.35. The Balaban J connectivity index is 2.31. The van der Waals surface area contributed by atoms with Crippen molar-refractivity contribution in [2.24, 2.45) is 0 Å². The number of nitrogens with one attached hydrogen (secondary N) is 1. The number of phenols is 1. The SMILES string of the molecule is CCN(CC)CC(c1ccc(O)c(OC)c1)N1CCNCC1C. The van der Waals surface area contributed by atoms with Crippen LogP contribution in [0.1, 0.15) is 32.4 Å². The fourth-order valence-corrected chi connectivity index (χ4v) is 3.35. The summed E-state index contributed by atoms with van der Waals surface area (Å²) >= 11 is 0. The summed E-state index contributed by atoms with van der Waals surface area (Å²) in [5, 5.41) is 13.4. The number of hydrogen-bond acceptors (Lipinski definition) is 5. The van der Waals surface area contributed by atoms with Crippen molar-refractivity contribution < 1.29 is 9.84 Å². The Bertz CT molecular complexity index is 491. The Kier molecular flexibility index (Phi) is 6.69. The molecule has 2 rings (SSSR count). The van der Waals surface area contributed by atoms with Gasteiger partial charge in [0.1, 0.15) is 0 Å². The summed E-state index contributed by atoms with van der Waals surface area (Å²) in [5.74, 6) is 0.751. The summed E-state index contributed by atoms with van der Waals surface area (Å²) in [4.78, 5) is 5.03. The Morgan fingerprint density at radius 2 is 2.13 bits per heavy atom. The summed E-state index contributed by atoms with van der Waals surface area (Å²) < 4.78 is 5.31. The van der Waals surface area contributed by atoms with Crippen LogP contribution in [0.3, 0.4) is 0 Å². The first kappa shape index (κ1) is 18.0. The fraction of sp³-hybridized carbons (Fsp3) is 0.667. The standard InChI is InChI=1S/C18H31N3O2/c1-5-20(6-2)13-16(21-10-9-19-12-14(21)3)15-7-8-17(22)18(11-15)23-4/h7-8,11,14,16,19,22H,5-6,9-10,12-13H2,1-4H3. The van der Waals surface area contributed by atoms with Gasteiger partial charge in [0.05, 0.1) is 7.11 Å². The summed E-state index contributed by atoms with van der Waals surface area (Å²) in [6, 6.07) is 6.56. The molecule has 5 heteroatoms. The molecule has 0 amide bonds. The maximum atomic E-state index is 9.89. The van der Waals surface area contributed by atoms with Crippen LogP contribution in [0.2, 0.25) is 0 Å². The molecule has 1 aromatic carbocycles. The zero-order valence-electron chi connectivity index (χ0n) is 14.9. The molecule has 1 aliphatic rings. The van der Waals surface area contributed by atoms with Gasteiger partial charge in [-0.1, -0.05) is 19.9 Å². The van der Waals surface area contributed by atoms with Crippen molar-refractivity contribution in [3.63, 3.8) is 0 Å². The van der Waals surface area contributed by atoms with Gasteiger partial charge in [-0.25, -0.2) is 0 Å². The summed E-state index contributed by atoms with van der Waals surface area (Å²) in [5.41, 5.74) is 1.21. The predicted octanol–water partition coefficient (Wildman–Crippen LogP) is 2.08. The van der Waals surface area contributed by atoms with Crippen LogP contribution < -0.4 is 10.1 Å². The molecule has 2 unspecified atom stereocenters. The van der Waals surface area contributed by atoms with E-state index in [2.05, 4.69) is 35.9 Å². The Morgan fingerprint density at radius 3 is 2.74 bits per heavy atom. The lowest BCUT2D eigenvalue weighted by Gasteiger charge is -2.42. The summed E-state index contributed by atoms with van der Waals surface area (Å²) in [6.45, 7) is 12.8. The molecule has 1 aliphatic heterocycles. The van der Waals surface area contributed by atoms with Crippen molar-refractivity contribution in [3.05, 3.63) is 23.8 Å². The van der Waals surface area contributed by atoms with Gasteiger partial charge >= 0.3 is 0 Å². The number of piperazine rings is 1. The zero-order valence-corrected chi connectivity index (χ0v) is 14.9. The highest BCUT2D eigenvalue weighted by Gasteiger charge is 2.28. The minimum atomic E-state index is 0.200. The van der Waals surface area contributed by atoms with E-state index >= 15 is 0 Å². The molecule has 23 heavy (non-hydrogen) atoms. The number of phenolic OH excluding ortho intramolecular Hbond substituents is 1. The molecule has 1 aromatic rings. The third-order valence-electron chi connectivity index (χ3n) is 4.87. The third kappa shape index (κ3) is 4.37. The van der Waals surface area contributed by atoms with Gasteiger partial charge in [0.25, 0.3) is 0 Å². The van der Waals surface area contributed by atoms with E-state index in [4.69, 9.17) is 4.74 Å². The highest BCUT2D eigenvalue weighted by atomic mass is 16.5. The molecule has 0 spiro atoms. The molecule has 5 nitrogen and oxygen atoms in total. The van der Waals surface area contributed by atoms with E-state index < -0.39 is 0 Å². The third-order valence-corrected chi connectivity index (χ3v) is 4.87. The number of aromatic hydroxyl groups is 1. The molecule has 0 aromatic heterocycles. The predicted molar refractivity (Wildman–Crippen MR) is 94.2 cm³/mol. The van der Waals surface area contributed by atoms with Crippen LogP contribution in [0.25, 0.3) is 0 Å². The quantitative estimate of drug-likeness (QED) is 0.805. The van der Waals surface area contributed by atoms with Crippen molar-refractivity contribution in [3.8, 4) is 11.5 Å². The van der Waals surface area contributed by atoms with Gasteiger partial charge in [-0.2, -0.15) is 0 Å². The Hall–Kier alpha value is -1.30. The van der Waals surface area contributed by atoms with Gasteiger partial charge in [-0.3, -0.25) is 4.90 Å². The van der Waals surface area contributed by atoms with E-state index in [0.717, 1.165) is 39.3 Å². The van der Waals surface area contributed by atoms with E-state index in [-0.39, 0.29) is 5.75 Å². The zero-order chi connectivity index (χ0) is 16.8. The van der Waals surface area contributed by atoms with Crippen LogP contribution in [0, 0.1) is 0 Å². The number of rotatable bonds is 7. The number of ether oxygens (including phenoxy) is 1. The average molecular weight is 321 g/mol. The van der Waals surface area contributed by atoms with Crippen LogP contribution >= 0.6 is 0 Å². The maximum absolute atomic E-state index is 9.89. The van der Waals surface area contributed by atoms with Crippen LogP contribution in [0.5, 0.6) is 11.5 Å². The number of nitrogens with zero attached hydrogens (tertiary/aromatic N) is 2. The summed E-state index contributed by atoms with van der Waals surface area (Å²) in [6.07, 6.45) is 0. The van der Waals surface area contributed by atoms with Crippen LogP contribution in [0.4, 0.5) is 0 Å². The Labute approximate surface area is 140 Å². The lowest BCUT2D eigenvalue weighted by Crippen LogP contribution is -2.53. The van der Waals surface area contributed by atoms with Crippen molar-refractivity contribution in [2.75, 3.05) is 46.4 Å². The molecule has 130 valence electrons. The first-order valence-corrected chi connectivity index (χ1v) is 8.66. The smallest absolute Gasteiger partial charge is 0.160 e. The van der Waals surface area contributed by atoms with Crippen LogP contribution in [-0.4, -0.2) is 67.3 Å². The van der Waals surface area contributed by atoms with Crippen LogP contribution in [-0.2, 0) is 0 Å². The Morgan fingerprint density at radius 1 is 1.39 bits per heavy atom. The van der Waals surface area contributed by atoms with Gasteiger partial charge in [0.15, 0.2) is 11.5 Å². The lowest BCUT2D eigenvalue weighted by molar-refractivity contribution is 0.0870. The molecule has 0 saturated carbocycles. The van der Waals surface area contributed by atoms with E-state index in [0.29, 0.717) is 17.8 Å². The first-order valence-electron chi connectivity index (χ1n) is 8.66. The highest BCUT2D eigenvalue weighted by molar-refractivity contribution is 5.43. The highest BCUT2D eigenvalue weighted by Crippen LogP contribution is 2.32. The molecule has 0 bridgehead atoms. The largest absolute Gasteiger partial charge is 0.504 e. The van der Waals surface area contributed by atoms with Crippen molar-refractivity contribution in [1.29, 1.82) is 0 Å². The van der Waals surface area contributed by atoms with Gasteiger partial charge in [0, 0.05) is 38.3 Å². The molecule has 1 heterocycles. The number of hydrogen-bond donors (Lipinski definition) is 2. The first-order chi connectivity index (χ1) is 11.1. The molecule has 0 aliphatic carbocycles. The molecular formula is C18H31N3O2. The van der Waals surface area contributed by atoms with E-state index in [1.807, 2.05) is 12.1 Å². The van der Waals surface area contributed by atoms with Gasteiger partial charge in [-0.15, -0.1) is 0 Å². The van der Waals surface area contributed by atoms with E-state index in [9.17, 15) is 5.11 Å². The van der Waals surface area contributed by atoms with Crippen LogP contribution in [0.15, 0.2) is 18.2 Å². The second kappa shape index (κ2) is 8.52. The molecule has 1 fully saturated rings. The molecule has 2 N–H and O–H groups in total. The van der Waals surface area contributed by atoms with E-state index in [1.165, 1.54) is 5.56 Å². The van der Waals surface area contributed by atoms with Gasteiger partial charge in [-0.05, 0) is 37.7 Å². The normalized spacial score (nSPS) is 20.7. The van der Waals surface area contributed by atoms with E-state index in [1.54, 1.807) is 13.2 Å². The summed E-state index contributed by atoms with van der Waals surface area (Å²) in [7, 11) is 1.60. The lowest BCUT2D eigenvalue weighted by atomic mass is 10.0. The maximum Gasteiger partial charge on any atom is 0.160 e.